The Balaban J connectivity index is 1.28. The summed E-state index contributed by atoms with van der Waals surface area (Å²) in [6.45, 7) is 19.0. The molecule has 4 bridgehead atoms. The van der Waals surface area contributed by atoms with Crippen molar-refractivity contribution in [1.29, 1.82) is 0 Å². The fourth-order valence-electron chi connectivity index (χ4n) is 10.0. The number of anilines is 6. The van der Waals surface area contributed by atoms with Gasteiger partial charge in [0.05, 0.1) is 0 Å². The van der Waals surface area contributed by atoms with E-state index in [1.165, 1.54) is 94.2 Å². The van der Waals surface area contributed by atoms with Gasteiger partial charge in [0.25, 0.3) is 0 Å². The van der Waals surface area contributed by atoms with Gasteiger partial charge in [0, 0.05) is 0 Å². The second-order valence-electron chi connectivity index (χ2n) is 19.7. The van der Waals surface area contributed by atoms with Gasteiger partial charge in [0.15, 0.2) is 0 Å². The molecule has 10 heteroatoms. The van der Waals surface area contributed by atoms with Crippen LogP contribution < -0.4 is 28.5 Å². The van der Waals surface area contributed by atoms with Gasteiger partial charge in [-0.25, -0.2) is 0 Å². The van der Waals surface area contributed by atoms with E-state index in [1.807, 2.05) is 49.6 Å². The van der Waals surface area contributed by atoms with Crippen molar-refractivity contribution in [3.8, 4) is 0 Å². The first-order valence-electron chi connectivity index (χ1n) is 22.4. The van der Waals surface area contributed by atoms with Crippen LogP contribution in [0, 0.1) is 0 Å². The first kappa shape index (κ1) is 41.2. The summed E-state index contributed by atoms with van der Waals surface area (Å²) in [7, 11) is 0. The summed E-state index contributed by atoms with van der Waals surface area (Å²) >= 11 is 0.400. The molecule has 11 rings (SSSR count). The van der Waals surface area contributed by atoms with Crippen LogP contribution in [0.3, 0.4) is 0 Å². The second kappa shape index (κ2) is 16.2. The third kappa shape index (κ3) is 7.48. The molecule has 8 heterocycles. The van der Waals surface area contributed by atoms with E-state index >= 15 is 0 Å². The van der Waals surface area contributed by atoms with E-state index in [9.17, 15) is 0 Å². The van der Waals surface area contributed by atoms with Crippen LogP contribution >= 0.6 is 0 Å². The molecule has 3 aromatic carbocycles. The Bertz CT molecular complexity index is 2860. The van der Waals surface area contributed by atoms with E-state index in [4.69, 9.17) is 0 Å². The van der Waals surface area contributed by atoms with Crippen LogP contribution in [0.5, 0.6) is 0 Å². The van der Waals surface area contributed by atoms with E-state index in [1.54, 1.807) is 4.46 Å². The number of fused-ring (bicyclic) bond motifs is 2. The van der Waals surface area contributed by atoms with Crippen LogP contribution in [-0.4, -0.2) is 49.8 Å². The summed E-state index contributed by atoms with van der Waals surface area (Å²) in [5.41, 5.74) is 22.0. The first-order valence-corrected chi connectivity index (χ1v) is 26.5. The molecule has 322 valence electrons. The van der Waals surface area contributed by atoms with Crippen molar-refractivity contribution in [3.05, 3.63) is 178 Å². The molecule has 0 unspecified atom stereocenters. The third-order valence-corrected chi connectivity index (χ3v) is 18.5. The van der Waals surface area contributed by atoms with Crippen molar-refractivity contribution < 1.29 is 0 Å². The van der Waals surface area contributed by atoms with Crippen molar-refractivity contribution in [2.75, 3.05) is 19.6 Å². The monoisotopic (exact) mass is 974 g/mol. The Labute approximate surface area is 390 Å². The van der Waals surface area contributed by atoms with Gasteiger partial charge < -0.3 is 0 Å². The van der Waals surface area contributed by atoms with Crippen molar-refractivity contribution in [2.45, 2.75) is 102 Å². The second-order valence-corrected chi connectivity index (χ2v) is 23.9. The molecule has 0 saturated carbocycles. The number of hydrogen-bond acceptors (Lipinski definition) is 8. The van der Waals surface area contributed by atoms with Gasteiger partial charge in [0.2, 0.25) is 0 Å². The molecule has 4 aliphatic heterocycles. The number of nitrogens with zero attached hydrogens (tertiary/aromatic N) is 8. The average molecular weight is 973 g/mol. The van der Waals surface area contributed by atoms with Gasteiger partial charge in [0.1, 0.15) is 0 Å². The predicted molar refractivity (Wildman–Crippen MR) is 263 cm³/mol. The molecule has 0 spiro atoms. The van der Waals surface area contributed by atoms with E-state index in [2.05, 4.69) is 154 Å². The molecule has 0 fully saturated rings. The average Bonchev–Trinajstić information content (AvgIpc) is 3.26. The van der Waals surface area contributed by atoms with Gasteiger partial charge in [-0.1, -0.05) is 0 Å². The summed E-state index contributed by atoms with van der Waals surface area (Å²) in [5, 5.41) is 2.12. The maximum atomic E-state index is 4.59. The Morgan fingerprint density at radius 3 is 1.30 bits per heavy atom. The fraction of sp³-hybridized carbons (Fsp3) is 0.296. The SMILES string of the molecule is CC(C)(C)c1cc2c3c(c1)CN(c1ccncc1)Cc1c4c5c(c(c1[Se]3)CN(c1ccncc1)C2)C[Se]Cc1cc(C(C)(C)C)cc(c1N5c1ccncc1)CN(c1ccncc1)C4. The van der Waals surface area contributed by atoms with Crippen LogP contribution in [0.25, 0.3) is 0 Å². The summed E-state index contributed by atoms with van der Waals surface area (Å²) < 4.78 is 3.10. The number of aromatic nitrogens is 4. The topological polar surface area (TPSA) is 64.5 Å². The Hall–Kier alpha value is -5.50. The van der Waals surface area contributed by atoms with Crippen molar-refractivity contribution in [3.63, 3.8) is 0 Å². The molecule has 8 nitrogen and oxygen atoms in total. The normalized spacial score (nSPS) is 15.8. The molecule has 4 aromatic heterocycles. The summed E-state index contributed by atoms with van der Waals surface area (Å²) in [5.74, 6) is 0. The molecule has 0 amide bonds. The zero-order valence-corrected chi connectivity index (χ0v) is 41.0. The molecular weight excluding hydrogens is 919 g/mol. The summed E-state index contributed by atoms with van der Waals surface area (Å²) in [6, 6.07) is 27.9. The standard InChI is InChI=1S/C54H54N8Se2/c1-53(2,3)39-23-35-27-59(41-7-15-55-16-8-41)30-45-46-31-60(42-9-17-56-18-10-42)28-36-24-40(54(4,5)6)25-37-29-61(43-11-19-57-20-12-43)32-47(52(46)64-51(36)37)48-34-63-33-38(26-39)49(35)62(50(45)48)44-13-21-58-22-14-44/h7-26H,27-34H2,1-6H3. The van der Waals surface area contributed by atoms with Crippen LogP contribution in [0.1, 0.15) is 97.2 Å². The van der Waals surface area contributed by atoms with Crippen LogP contribution in [0.15, 0.2) is 122 Å². The minimum absolute atomic E-state index is 0.00376. The van der Waals surface area contributed by atoms with E-state index in [0.29, 0.717) is 15.0 Å². The molecule has 4 aliphatic rings. The molecule has 0 saturated heterocycles. The van der Waals surface area contributed by atoms with Gasteiger partial charge in [-0.05, 0) is 0 Å². The molecule has 0 N–H and O–H groups in total. The van der Waals surface area contributed by atoms with E-state index in [0.717, 1.165) is 49.9 Å². The van der Waals surface area contributed by atoms with Gasteiger partial charge in [-0.15, -0.1) is 0 Å². The number of rotatable bonds is 4. The van der Waals surface area contributed by atoms with E-state index < -0.39 is 0 Å². The van der Waals surface area contributed by atoms with Crippen LogP contribution in [0.4, 0.5) is 34.1 Å². The first-order chi connectivity index (χ1) is 31.0. The van der Waals surface area contributed by atoms with Gasteiger partial charge >= 0.3 is 393 Å². The van der Waals surface area contributed by atoms with E-state index in [-0.39, 0.29) is 25.8 Å². The van der Waals surface area contributed by atoms with Gasteiger partial charge in [-0.3, -0.25) is 0 Å². The summed E-state index contributed by atoms with van der Waals surface area (Å²) in [6.07, 6.45) is 15.7. The number of pyridine rings is 4. The number of benzene rings is 3. The Kier molecular flexibility index (Phi) is 10.4. The summed E-state index contributed by atoms with van der Waals surface area (Å²) in [4.78, 5) is 28.8. The Morgan fingerprint density at radius 2 is 0.812 bits per heavy atom. The van der Waals surface area contributed by atoms with Crippen LogP contribution in [-0.2, 0) is 60.7 Å². The zero-order chi connectivity index (χ0) is 43.7. The predicted octanol–water partition coefficient (Wildman–Crippen LogP) is 9.26. The third-order valence-electron chi connectivity index (χ3n) is 13.4. The Morgan fingerprint density at radius 1 is 0.406 bits per heavy atom. The molecule has 0 radical (unpaired) electrons. The molecule has 7 aromatic rings. The van der Waals surface area contributed by atoms with Crippen molar-refractivity contribution in [2.24, 2.45) is 0 Å². The molecule has 0 atom stereocenters. The van der Waals surface area contributed by atoms with Crippen molar-refractivity contribution >= 4 is 73.0 Å². The fourth-order valence-corrected chi connectivity index (χ4v) is 15.1. The van der Waals surface area contributed by atoms with Gasteiger partial charge in [-0.2, -0.15) is 0 Å². The molecule has 64 heavy (non-hydrogen) atoms. The molecule has 0 aliphatic carbocycles. The molecular formula is C54H54N8Se2. The zero-order valence-electron chi connectivity index (χ0n) is 37.6. The van der Waals surface area contributed by atoms with Crippen LogP contribution in [0.2, 0.25) is 0 Å². The number of hydrogen-bond donors (Lipinski definition) is 0. The minimum atomic E-state index is 0.00376. The quantitative estimate of drug-likeness (QED) is 0.162. The van der Waals surface area contributed by atoms with Crippen molar-refractivity contribution in [1.82, 2.24) is 19.9 Å². The maximum absolute atomic E-state index is 4.59.